The zero-order valence-electron chi connectivity index (χ0n) is 18.0. The van der Waals surface area contributed by atoms with Crippen LogP contribution in [0.2, 0.25) is 0 Å². The first-order valence-corrected chi connectivity index (χ1v) is 12.3. The van der Waals surface area contributed by atoms with Crippen molar-refractivity contribution in [2.24, 2.45) is 11.8 Å². The van der Waals surface area contributed by atoms with E-state index in [0.29, 0.717) is 17.4 Å². The lowest BCUT2D eigenvalue weighted by Gasteiger charge is -2.41. The van der Waals surface area contributed by atoms with Crippen molar-refractivity contribution in [1.29, 1.82) is 0 Å². The van der Waals surface area contributed by atoms with Crippen LogP contribution in [0.15, 0.2) is 35.2 Å². The summed E-state index contributed by atoms with van der Waals surface area (Å²) in [7, 11) is -1.43. The van der Waals surface area contributed by atoms with Gasteiger partial charge in [-0.15, -0.1) is 0 Å². The highest BCUT2D eigenvalue weighted by atomic mass is 32.2. The smallest absolute Gasteiger partial charge is 0.243 e. The Morgan fingerprint density at radius 2 is 1.76 bits per heavy atom. The lowest BCUT2D eigenvalue weighted by Crippen LogP contribution is -2.52. The third-order valence-corrected chi connectivity index (χ3v) is 7.97. The van der Waals surface area contributed by atoms with Gasteiger partial charge in [0.05, 0.1) is 10.8 Å². The van der Waals surface area contributed by atoms with E-state index in [4.69, 9.17) is 0 Å². The zero-order valence-corrected chi connectivity index (χ0v) is 18.8. The topological polar surface area (TPSA) is 60.9 Å². The summed E-state index contributed by atoms with van der Waals surface area (Å²) < 4.78 is 27.6. The number of likely N-dealkylation sites (tertiary alicyclic amines) is 1. The summed E-state index contributed by atoms with van der Waals surface area (Å²) in [5, 5.41) is 0. The van der Waals surface area contributed by atoms with Gasteiger partial charge in [-0.25, -0.2) is 8.42 Å². The highest BCUT2D eigenvalue weighted by Crippen LogP contribution is 2.27. The number of sulfonamides is 1. The zero-order chi connectivity index (χ0) is 21.0. The molecule has 6 nitrogen and oxygen atoms in total. The molecule has 2 aliphatic rings. The minimum atomic E-state index is -3.55. The Morgan fingerprint density at radius 3 is 2.38 bits per heavy atom. The molecule has 2 saturated heterocycles. The number of benzene rings is 1. The summed E-state index contributed by atoms with van der Waals surface area (Å²) in [5.41, 5.74) is 0. The fourth-order valence-corrected chi connectivity index (χ4v) is 6.00. The van der Waals surface area contributed by atoms with Crippen molar-refractivity contribution in [2.75, 3.05) is 39.8 Å². The van der Waals surface area contributed by atoms with Gasteiger partial charge in [0.15, 0.2) is 0 Å². The molecule has 7 heteroatoms. The molecule has 1 amide bonds. The summed E-state index contributed by atoms with van der Waals surface area (Å²) in [4.78, 5) is 18.2. The molecule has 0 N–H and O–H groups in total. The number of rotatable bonds is 6. The highest BCUT2D eigenvalue weighted by molar-refractivity contribution is 7.89. The summed E-state index contributed by atoms with van der Waals surface area (Å²) in [6, 6.07) is 8.82. The Hall–Kier alpha value is -1.44. The van der Waals surface area contributed by atoms with E-state index in [1.54, 1.807) is 24.3 Å². The minimum Gasteiger partial charge on any atom is -0.339 e. The van der Waals surface area contributed by atoms with Crippen LogP contribution in [0.4, 0.5) is 0 Å². The normalized spacial score (nSPS) is 22.7. The van der Waals surface area contributed by atoms with Crippen molar-refractivity contribution in [3.05, 3.63) is 30.3 Å². The third kappa shape index (κ3) is 5.38. The van der Waals surface area contributed by atoms with E-state index in [9.17, 15) is 13.2 Å². The van der Waals surface area contributed by atoms with Gasteiger partial charge in [0.2, 0.25) is 15.9 Å². The molecule has 0 radical (unpaired) electrons. The standard InChI is InChI=1S/C22H35N3O3S/c1-18(2)16-25(20-11-14-23(3)15-12-20)22(26)19-8-7-13-24(17-19)29(27,28)21-9-5-4-6-10-21/h4-6,9-10,18-20H,7-8,11-17H2,1-3H3. The first-order valence-electron chi connectivity index (χ1n) is 10.8. The third-order valence-electron chi connectivity index (χ3n) is 6.09. The van der Waals surface area contributed by atoms with Gasteiger partial charge in [-0.1, -0.05) is 32.0 Å². The maximum atomic E-state index is 13.5. The van der Waals surface area contributed by atoms with E-state index < -0.39 is 10.0 Å². The molecular formula is C22H35N3O3S. The molecule has 1 atom stereocenters. The Kier molecular flexibility index (Phi) is 7.35. The molecule has 2 fully saturated rings. The summed E-state index contributed by atoms with van der Waals surface area (Å²) in [5.74, 6) is 0.285. The van der Waals surface area contributed by atoms with Crippen LogP contribution < -0.4 is 0 Å². The van der Waals surface area contributed by atoms with Crippen molar-refractivity contribution in [2.45, 2.75) is 50.5 Å². The predicted molar refractivity (Wildman–Crippen MR) is 115 cm³/mol. The van der Waals surface area contributed by atoms with E-state index in [-0.39, 0.29) is 24.4 Å². The van der Waals surface area contributed by atoms with Crippen LogP contribution in [0.5, 0.6) is 0 Å². The van der Waals surface area contributed by atoms with Crippen LogP contribution in [-0.2, 0) is 14.8 Å². The molecule has 0 bridgehead atoms. The molecule has 0 spiro atoms. The van der Waals surface area contributed by atoms with Gasteiger partial charge in [0.25, 0.3) is 0 Å². The number of hydrogen-bond donors (Lipinski definition) is 0. The molecule has 2 heterocycles. The van der Waals surface area contributed by atoms with Gasteiger partial charge in [-0.05, 0) is 63.9 Å². The highest BCUT2D eigenvalue weighted by Gasteiger charge is 2.37. The summed E-state index contributed by atoms with van der Waals surface area (Å²) >= 11 is 0. The molecular weight excluding hydrogens is 386 g/mol. The fourth-order valence-electron chi connectivity index (χ4n) is 4.46. The van der Waals surface area contributed by atoms with E-state index in [0.717, 1.165) is 45.3 Å². The van der Waals surface area contributed by atoms with E-state index in [2.05, 4.69) is 30.7 Å². The van der Waals surface area contributed by atoms with Crippen molar-refractivity contribution in [3.63, 3.8) is 0 Å². The molecule has 3 rings (SSSR count). The predicted octanol–water partition coefficient (Wildman–Crippen LogP) is 2.67. The lowest BCUT2D eigenvalue weighted by molar-refractivity contribution is -0.140. The number of piperidine rings is 2. The van der Waals surface area contributed by atoms with Crippen LogP contribution in [0.1, 0.15) is 39.5 Å². The largest absolute Gasteiger partial charge is 0.339 e. The molecule has 1 aromatic rings. The molecule has 29 heavy (non-hydrogen) atoms. The van der Waals surface area contributed by atoms with Crippen molar-refractivity contribution in [3.8, 4) is 0 Å². The van der Waals surface area contributed by atoms with Gasteiger partial charge < -0.3 is 9.80 Å². The van der Waals surface area contributed by atoms with Crippen LogP contribution in [0, 0.1) is 11.8 Å². The van der Waals surface area contributed by atoms with Crippen molar-refractivity contribution >= 4 is 15.9 Å². The van der Waals surface area contributed by atoms with Crippen LogP contribution in [0.25, 0.3) is 0 Å². The van der Waals surface area contributed by atoms with Gasteiger partial charge in [-0.3, -0.25) is 4.79 Å². The first-order chi connectivity index (χ1) is 13.8. The maximum absolute atomic E-state index is 13.5. The molecule has 0 saturated carbocycles. The molecule has 1 aromatic carbocycles. The Bertz CT molecular complexity index is 774. The number of carbonyl (C=O) groups is 1. The second kappa shape index (κ2) is 9.58. The molecule has 0 aromatic heterocycles. The van der Waals surface area contributed by atoms with E-state index in [1.807, 2.05) is 6.07 Å². The molecule has 162 valence electrons. The van der Waals surface area contributed by atoms with Gasteiger partial charge >= 0.3 is 0 Å². The number of hydrogen-bond acceptors (Lipinski definition) is 4. The van der Waals surface area contributed by atoms with Crippen molar-refractivity contribution < 1.29 is 13.2 Å². The second-order valence-corrected chi connectivity index (χ2v) is 10.9. The summed E-state index contributed by atoms with van der Waals surface area (Å²) in [6.07, 6.45) is 3.48. The lowest BCUT2D eigenvalue weighted by atomic mass is 9.94. The molecule has 2 aliphatic heterocycles. The maximum Gasteiger partial charge on any atom is 0.243 e. The Balaban J connectivity index is 1.74. The van der Waals surface area contributed by atoms with Gasteiger partial charge in [-0.2, -0.15) is 4.31 Å². The number of carbonyl (C=O) groups excluding carboxylic acids is 1. The molecule has 1 unspecified atom stereocenters. The van der Waals surface area contributed by atoms with Crippen LogP contribution in [0.3, 0.4) is 0 Å². The average molecular weight is 422 g/mol. The van der Waals surface area contributed by atoms with E-state index >= 15 is 0 Å². The monoisotopic (exact) mass is 421 g/mol. The number of nitrogens with zero attached hydrogens (tertiary/aromatic N) is 3. The SMILES string of the molecule is CC(C)CN(C(=O)C1CCCN(S(=O)(=O)c2ccccc2)C1)C1CCN(C)CC1. The van der Waals surface area contributed by atoms with Crippen LogP contribution in [-0.4, -0.2) is 74.2 Å². The second-order valence-electron chi connectivity index (χ2n) is 8.93. The molecule has 0 aliphatic carbocycles. The van der Waals surface area contributed by atoms with E-state index in [1.165, 1.54) is 4.31 Å². The van der Waals surface area contributed by atoms with Crippen LogP contribution >= 0.6 is 0 Å². The Morgan fingerprint density at radius 1 is 1.10 bits per heavy atom. The minimum absolute atomic E-state index is 0.140. The quantitative estimate of drug-likeness (QED) is 0.709. The summed E-state index contributed by atoms with van der Waals surface area (Å²) in [6.45, 7) is 7.81. The van der Waals surface area contributed by atoms with Gasteiger partial charge in [0.1, 0.15) is 0 Å². The van der Waals surface area contributed by atoms with Crippen molar-refractivity contribution in [1.82, 2.24) is 14.1 Å². The van der Waals surface area contributed by atoms with Gasteiger partial charge in [0, 0.05) is 25.7 Å². The fraction of sp³-hybridized carbons (Fsp3) is 0.682. The Labute approximate surface area is 175 Å². The average Bonchev–Trinajstić information content (AvgIpc) is 2.73. The first kappa shape index (κ1) is 22.2. The number of amides is 1.